The SMILES string of the molecule is COc1ccc(CNC(=O)CC(N)C2CC2)cc1. The Balaban J connectivity index is 1.74. The first kappa shape index (κ1) is 12.9. The first-order valence-electron chi connectivity index (χ1n) is 6.34. The van der Waals surface area contributed by atoms with Gasteiger partial charge in [0.25, 0.3) is 0 Å². The largest absolute Gasteiger partial charge is 0.497 e. The summed E-state index contributed by atoms with van der Waals surface area (Å²) >= 11 is 0. The van der Waals surface area contributed by atoms with Crippen LogP contribution in [0.2, 0.25) is 0 Å². The van der Waals surface area contributed by atoms with Crippen molar-refractivity contribution in [1.29, 1.82) is 0 Å². The van der Waals surface area contributed by atoms with Gasteiger partial charge in [-0.2, -0.15) is 0 Å². The van der Waals surface area contributed by atoms with Crippen LogP contribution in [0.15, 0.2) is 24.3 Å². The van der Waals surface area contributed by atoms with E-state index in [4.69, 9.17) is 10.5 Å². The van der Waals surface area contributed by atoms with E-state index in [2.05, 4.69) is 5.32 Å². The fourth-order valence-electron chi connectivity index (χ4n) is 1.92. The molecule has 0 heterocycles. The minimum Gasteiger partial charge on any atom is -0.497 e. The van der Waals surface area contributed by atoms with Gasteiger partial charge in [-0.3, -0.25) is 4.79 Å². The second-order valence-electron chi connectivity index (χ2n) is 4.83. The standard InChI is InChI=1S/C14H20N2O2/c1-18-12-6-2-10(3-7-12)9-16-14(17)8-13(15)11-4-5-11/h2-3,6-7,11,13H,4-5,8-9,15H2,1H3,(H,16,17). The van der Waals surface area contributed by atoms with E-state index in [0.717, 1.165) is 11.3 Å². The second-order valence-corrected chi connectivity index (χ2v) is 4.83. The highest BCUT2D eigenvalue weighted by Gasteiger charge is 2.29. The van der Waals surface area contributed by atoms with Crippen molar-refractivity contribution in [3.05, 3.63) is 29.8 Å². The van der Waals surface area contributed by atoms with Gasteiger partial charge in [0.05, 0.1) is 7.11 Å². The molecule has 98 valence electrons. The van der Waals surface area contributed by atoms with Gasteiger partial charge in [0.2, 0.25) is 5.91 Å². The zero-order valence-electron chi connectivity index (χ0n) is 10.7. The maximum Gasteiger partial charge on any atom is 0.221 e. The molecule has 1 amide bonds. The van der Waals surface area contributed by atoms with Crippen LogP contribution < -0.4 is 15.8 Å². The lowest BCUT2D eigenvalue weighted by atomic mass is 10.1. The third kappa shape index (κ3) is 3.74. The van der Waals surface area contributed by atoms with Gasteiger partial charge < -0.3 is 15.8 Å². The van der Waals surface area contributed by atoms with Gasteiger partial charge >= 0.3 is 0 Å². The third-order valence-corrected chi connectivity index (χ3v) is 3.30. The highest BCUT2D eigenvalue weighted by molar-refractivity contribution is 5.76. The van der Waals surface area contributed by atoms with E-state index in [1.807, 2.05) is 24.3 Å². The number of benzene rings is 1. The van der Waals surface area contributed by atoms with Crippen molar-refractivity contribution in [2.24, 2.45) is 11.7 Å². The van der Waals surface area contributed by atoms with Crippen molar-refractivity contribution in [2.75, 3.05) is 7.11 Å². The van der Waals surface area contributed by atoms with Gasteiger partial charge in [-0.15, -0.1) is 0 Å². The smallest absolute Gasteiger partial charge is 0.221 e. The highest BCUT2D eigenvalue weighted by atomic mass is 16.5. The van der Waals surface area contributed by atoms with Crippen LogP contribution in [0, 0.1) is 5.92 Å². The monoisotopic (exact) mass is 248 g/mol. The molecule has 4 heteroatoms. The van der Waals surface area contributed by atoms with Crippen molar-refractivity contribution in [2.45, 2.75) is 31.8 Å². The fraction of sp³-hybridized carbons (Fsp3) is 0.500. The molecule has 0 radical (unpaired) electrons. The molecule has 1 saturated carbocycles. The van der Waals surface area contributed by atoms with Crippen LogP contribution in [0.3, 0.4) is 0 Å². The minimum absolute atomic E-state index is 0.0286. The molecular formula is C14H20N2O2. The summed E-state index contributed by atoms with van der Waals surface area (Å²) in [4.78, 5) is 11.7. The summed E-state index contributed by atoms with van der Waals surface area (Å²) in [5.41, 5.74) is 6.97. The third-order valence-electron chi connectivity index (χ3n) is 3.30. The Labute approximate surface area is 108 Å². The molecule has 0 aliphatic heterocycles. The van der Waals surface area contributed by atoms with Crippen LogP contribution >= 0.6 is 0 Å². The number of nitrogens with one attached hydrogen (secondary N) is 1. The number of methoxy groups -OCH3 is 1. The number of hydrogen-bond donors (Lipinski definition) is 2. The Hall–Kier alpha value is -1.55. The molecule has 1 aliphatic carbocycles. The fourth-order valence-corrected chi connectivity index (χ4v) is 1.92. The first-order chi connectivity index (χ1) is 8.69. The Morgan fingerprint density at radius 3 is 2.67 bits per heavy atom. The molecule has 3 N–H and O–H groups in total. The van der Waals surface area contributed by atoms with Crippen molar-refractivity contribution in [1.82, 2.24) is 5.32 Å². The van der Waals surface area contributed by atoms with E-state index < -0.39 is 0 Å². The van der Waals surface area contributed by atoms with E-state index in [1.165, 1.54) is 12.8 Å². The van der Waals surface area contributed by atoms with Gasteiger partial charge in [-0.25, -0.2) is 0 Å². The molecule has 0 spiro atoms. The van der Waals surface area contributed by atoms with Gasteiger partial charge in [-0.05, 0) is 36.5 Å². The van der Waals surface area contributed by atoms with Crippen LogP contribution in [0.25, 0.3) is 0 Å². The van der Waals surface area contributed by atoms with Crippen molar-refractivity contribution >= 4 is 5.91 Å². The number of hydrogen-bond acceptors (Lipinski definition) is 3. The molecule has 1 fully saturated rings. The van der Waals surface area contributed by atoms with E-state index in [9.17, 15) is 4.79 Å². The highest BCUT2D eigenvalue weighted by Crippen LogP contribution is 2.32. The molecule has 1 aliphatic rings. The predicted molar refractivity (Wildman–Crippen MR) is 70.2 cm³/mol. The summed E-state index contributed by atoms with van der Waals surface area (Å²) < 4.78 is 5.08. The molecule has 18 heavy (non-hydrogen) atoms. The quantitative estimate of drug-likeness (QED) is 0.800. The lowest BCUT2D eigenvalue weighted by Crippen LogP contribution is -2.32. The molecule has 1 unspecified atom stereocenters. The van der Waals surface area contributed by atoms with Crippen LogP contribution in [0.4, 0.5) is 0 Å². The lowest BCUT2D eigenvalue weighted by molar-refractivity contribution is -0.121. The van der Waals surface area contributed by atoms with Crippen LogP contribution in [0.5, 0.6) is 5.75 Å². The van der Waals surface area contributed by atoms with Crippen LogP contribution in [-0.4, -0.2) is 19.1 Å². The van der Waals surface area contributed by atoms with Gasteiger partial charge in [-0.1, -0.05) is 12.1 Å². The molecule has 1 aromatic carbocycles. The first-order valence-corrected chi connectivity index (χ1v) is 6.34. The van der Waals surface area contributed by atoms with Crippen molar-refractivity contribution in [3.63, 3.8) is 0 Å². The second kappa shape index (κ2) is 5.87. The molecule has 1 atom stereocenters. The summed E-state index contributed by atoms with van der Waals surface area (Å²) in [5.74, 6) is 1.42. The zero-order chi connectivity index (χ0) is 13.0. The topological polar surface area (TPSA) is 64.3 Å². The van der Waals surface area contributed by atoms with E-state index in [-0.39, 0.29) is 11.9 Å². The van der Waals surface area contributed by atoms with E-state index in [1.54, 1.807) is 7.11 Å². The van der Waals surface area contributed by atoms with E-state index >= 15 is 0 Å². The number of nitrogens with two attached hydrogens (primary N) is 1. The number of rotatable bonds is 6. The minimum atomic E-state index is 0.0286. The molecule has 0 bridgehead atoms. The summed E-state index contributed by atoms with van der Waals surface area (Å²) in [5, 5.41) is 2.89. The molecule has 0 aromatic heterocycles. The number of carbonyl (C=O) groups excluding carboxylic acids is 1. The zero-order valence-corrected chi connectivity index (χ0v) is 10.7. The Bertz CT molecular complexity index is 399. The summed E-state index contributed by atoms with van der Waals surface area (Å²) in [6.45, 7) is 0.542. The Kier molecular flexibility index (Phi) is 4.20. The Morgan fingerprint density at radius 2 is 2.11 bits per heavy atom. The summed E-state index contributed by atoms with van der Waals surface area (Å²) in [6, 6.07) is 7.69. The summed E-state index contributed by atoms with van der Waals surface area (Å²) in [6.07, 6.45) is 2.78. The summed E-state index contributed by atoms with van der Waals surface area (Å²) in [7, 11) is 1.63. The average molecular weight is 248 g/mol. The van der Waals surface area contributed by atoms with Gasteiger partial charge in [0, 0.05) is 19.0 Å². The Morgan fingerprint density at radius 1 is 1.44 bits per heavy atom. The molecule has 0 saturated heterocycles. The van der Waals surface area contributed by atoms with Crippen molar-refractivity contribution < 1.29 is 9.53 Å². The molecular weight excluding hydrogens is 228 g/mol. The van der Waals surface area contributed by atoms with Crippen molar-refractivity contribution in [3.8, 4) is 5.75 Å². The number of ether oxygens (including phenoxy) is 1. The maximum absolute atomic E-state index is 11.7. The van der Waals surface area contributed by atoms with Crippen LogP contribution in [-0.2, 0) is 11.3 Å². The van der Waals surface area contributed by atoms with Gasteiger partial charge in [0.15, 0.2) is 0 Å². The lowest BCUT2D eigenvalue weighted by Gasteiger charge is -2.10. The number of carbonyl (C=O) groups is 1. The predicted octanol–water partition coefficient (Wildman–Crippen LogP) is 1.44. The number of amides is 1. The normalized spacial score (nSPS) is 16.1. The molecule has 2 rings (SSSR count). The van der Waals surface area contributed by atoms with Crippen LogP contribution in [0.1, 0.15) is 24.8 Å². The molecule has 1 aromatic rings. The van der Waals surface area contributed by atoms with E-state index in [0.29, 0.717) is 18.9 Å². The maximum atomic E-state index is 11.7. The molecule has 4 nitrogen and oxygen atoms in total. The average Bonchev–Trinajstić information content (AvgIpc) is 3.21. The van der Waals surface area contributed by atoms with Gasteiger partial charge in [0.1, 0.15) is 5.75 Å².